The average Bonchev–Trinajstić information content (AvgIpc) is 3.06. The number of hydrogen-bond acceptors (Lipinski definition) is 6. The molecule has 21 heavy (non-hydrogen) atoms. The van der Waals surface area contributed by atoms with Crippen LogP contribution < -0.4 is 5.56 Å². The summed E-state index contributed by atoms with van der Waals surface area (Å²) in [7, 11) is 1.71. The number of aromatic nitrogens is 6. The van der Waals surface area contributed by atoms with Crippen molar-refractivity contribution in [3.63, 3.8) is 0 Å². The number of esters is 1. The number of carbonyl (C=O) groups excluding carboxylic acids is 1. The molecule has 3 heterocycles. The Labute approximate surface area is 118 Å². The van der Waals surface area contributed by atoms with Gasteiger partial charge in [0.15, 0.2) is 11.2 Å². The fraction of sp³-hybridized carbons (Fsp3) is 0.250. The molecule has 0 aliphatic carbocycles. The molecule has 9 nitrogen and oxygen atoms in total. The number of hydrogen-bond donors (Lipinski definition) is 1. The van der Waals surface area contributed by atoms with Gasteiger partial charge in [-0.2, -0.15) is 10.1 Å². The molecular weight excluding hydrogens is 276 g/mol. The molecule has 108 valence electrons. The molecule has 3 aromatic rings. The van der Waals surface area contributed by atoms with Gasteiger partial charge in [-0.15, -0.1) is 0 Å². The number of ether oxygens (including phenoxy) is 1. The first-order valence-electron chi connectivity index (χ1n) is 6.23. The fourth-order valence-corrected chi connectivity index (χ4v) is 1.92. The molecule has 0 radical (unpaired) electrons. The highest BCUT2D eigenvalue weighted by Crippen LogP contribution is 2.07. The minimum absolute atomic E-state index is 0.182. The second kappa shape index (κ2) is 4.85. The standard InChI is InChI=1S/C12H12N6O3/c1-3-21-11(20)7-4-14-18(5-7)12-15-9-8(10(19)16-12)17(2)6-13-9/h4-6H,3H2,1-2H3,(H,15,16,19). The topological polar surface area (TPSA) is 108 Å². The van der Waals surface area contributed by atoms with E-state index in [-0.39, 0.29) is 23.7 Å². The van der Waals surface area contributed by atoms with Crippen molar-refractivity contribution >= 4 is 17.1 Å². The van der Waals surface area contributed by atoms with E-state index in [9.17, 15) is 9.59 Å². The van der Waals surface area contributed by atoms with Gasteiger partial charge in [0.05, 0.1) is 24.7 Å². The highest BCUT2D eigenvalue weighted by Gasteiger charge is 2.13. The third kappa shape index (κ3) is 2.18. The number of nitrogens with zero attached hydrogens (tertiary/aromatic N) is 5. The highest BCUT2D eigenvalue weighted by molar-refractivity contribution is 5.88. The molecule has 3 rings (SSSR count). The lowest BCUT2D eigenvalue weighted by Crippen LogP contribution is -2.15. The molecule has 0 unspecified atom stereocenters. The van der Waals surface area contributed by atoms with Gasteiger partial charge >= 0.3 is 5.97 Å². The molecule has 3 aromatic heterocycles. The summed E-state index contributed by atoms with van der Waals surface area (Å²) in [5.74, 6) is -0.299. The summed E-state index contributed by atoms with van der Waals surface area (Å²) < 4.78 is 7.75. The Bertz CT molecular complexity index is 875. The van der Waals surface area contributed by atoms with Gasteiger partial charge < -0.3 is 9.30 Å². The third-order valence-electron chi connectivity index (χ3n) is 2.88. The Kier molecular flexibility index (Phi) is 3.01. The lowest BCUT2D eigenvalue weighted by molar-refractivity contribution is 0.0526. The van der Waals surface area contributed by atoms with Gasteiger partial charge in [-0.05, 0) is 6.92 Å². The summed E-state index contributed by atoms with van der Waals surface area (Å²) >= 11 is 0. The van der Waals surface area contributed by atoms with Crippen LogP contribution in [0.25, 0.3) is 17.1 Å². The van der Waals surface area contributed by atoms with Crippen LogP contribution in [-0.4, -0.2) is 41.9 Å². The summed E-state index contributed by atoms with van der Waals surface area (Å²) in [4.78, 5) is 34.4. The largest absolute Gasteiger partial charge is 0.462 e. The molecule has 0 aromatic carbocycles. The van der Waals surface area contributed by atoms with Crippen LogP contribution in [0.4, 0.5) is 0 Å². The molecule has 0 amide bonds. The maximum Gasteiger partial charge on any atom is 0.341 e. The number of aromatic amines is 1. The predicted molar refractivity (Wildman–Crippen MR) is 72.2 cm³/mol. The Hall–Kier alpha value is -2.97. The van der Waals surface area contributed by atoms with Gasteiger partial charge in [-0.1, -0.05) is 0 Å². The van der Waals surface area contributed by atoms with Crippen LogP contribution in [0.5, 0.6) is 0 Å². The first-order chi connectivity index (χ1) is 10.1. The molecule has 0 saturated heterocycles. The second-order valence-electron chi connectivity index (χ2n) is 4.31. The van der Waals surface area contributed by atoms with Crippen LogP contribution in [0.1, 0.15) is 17.3 Å². The average molecular weight is 288 g/mol. The molecule has 0 saturated carbocycles. The van der Waals surface area contributed by atoms with Crippen molar-refractivity contribution in [2.24, 2.45) is 7.05 Å². The van der Waals surface area contributed by atoms with Crippen LogP contribution in [0, 0.1) is 0 Å². The minimum Gasteiger partial charge on any atom is -0.462 e. The van der Waals surface area contributed by atoms with E-state index in [0.29, 0.717) is 11.2 Å². The molecule has 0 fully saturated rings. The Morgan fingerprint density at radius 2 is 2.29 bits per heavy atom. The number of rotatable bonds is 3. The molecule has 9 heteroatoms. The third-order valence-corrected chi connectivity index (χ3v) is 2.88. The molecular formula is C12H12N6O3. The zero-order valence-corrected chi connectivity index (χ0v) is 11.4. The van der Waals surface area contributed by atoms with Crippen molar-refractivity contribution in [2.75, 3.05) is 6.61 Å². The predicted octanol–water partition coefficient (Wildman–Crippen LogP) is 0.0190. The van der Waals surface area contributed by atoms with E-state index < -0.39 is 5.97 Å². The summed E-state index contributed by atoms with van der Waals surface area (Å²) in [6, 6.07) is 0. The van der Waals surface area contributed by atoms with Crippen molar-refractivity contribution in [3.05, 3.63) is 34.6 Å². The lowest BCUT2D eigenvalue weighted by Gasteiger charge is -2.00. The van der Waals surface area contributed by atoms with Crippen molar-refractivity contribution in [3.8, 4) is 5.95 Å². The van der Waals surface area contributed by atoms with Gasteiger partial charge in [0.25, 0.3) is 5.56 Å². The Balaban J connectivity index is 2.05. The van der Waals surface area contributed by atoms with E-state index in [0.717, 1.165) is 0 Å². The summed E-state index contributed by atoms with van der Waals surface area (Å²) in [6.07, 6.45) is 4.29. The summed E-state index contributed by atoms with van der Waals surface area (Å²) in [5.41, 5.74) is 0.629. The van der Waals surface area contributed by atoms with Gasteiger partial charge in [-0.25, -0.2) is 14.5 Å². The quantitative estimate of drug-likeness (QED) is 0.681. The van der Waals surface area contributed by atoms with Crippen LogP contribution in [0.15, 0.2) is 23.5 Å². The zero-order valence-electron chi connectivity index (χ0n) is 11.4. The van der Waals surface area contributed by atoms with Crippen LogP contribution >= 0.6 is 0 Å². The van der Waals surface area contributed by atoms with Crippen LogP contribution in [0.2, 0.25) is 0 Å². The van der Waals surface area contributed by atoms with Gasteiger partial charge in [0.1, 0.15) is 0 Å². The molecule has 0 aliphatic heterocycles. The normalized spacial score (nSPS) is 11.0. The number of imidazole rings is 1. The van der Waals surface area contributed by atoms with E-state index >= 15 is 0 Å². The van der Waals surface area contributed by atoms with Crippen molar-refractivity contribution in [2.45, 2.75) is 6.92 Å². The minimum atomic E-state index is -0.481. The number of aryl methyl sites for hydroxylation is 1. The second-order valence-corrected chi connectivity index (χ2v) is 4.31. The van der Waals surface area contributed by atoms with Crippen molar-refractivity contribution < 1.29 is 9.53 Å². The fourth-order valence-electron chi connectivity index (χ4n) is 1.92. The number of carbonyl (C=O) groups is 1. The maximum atomic E-state index is 12.0. The van der Waals surface area contributed by atoms with E-state index in [4.69, 9.17) is 4.74 Å². The molecule has 0 atom stereocenters. The van der Waals surface area contributed by atoms with E-state index in [2.05, 4.69) is 20.1 Å². The van der Waals surface area contributed by atoms with Crippen LogP contribution in [-0.2, 0) is 11.8 Å². The maximum absolute atomic E-state index is 12.0. The number of fused-ring (bicyclic) bond motifs is 1. The van der Waals surface area contributed by atoms with Crippen molar-refractivity contribution in [1.29, 1.82) is 0 Å². The highest BCUT2D eigenvalue weighted by atomic mass is 16.5. The Morgan fingerprint density at radius 1 is 1.48 bits per heavy atom. The summed E-state index contributed by atoms with van der Waals surface area (Å²) in [5, 5.41) is 3.99. The number of H-pyrrole nitrogens is 1. The number of nitrogens with one attached hydrogen (secondary N) is 1. The first-order valence-corrected chi connectivity index (χ1v) is 6.23. The van der Waals surface area contributed by atoms with Gasteiger partial charge in [-0.3, -0.25) is 9.78 Å². The molecule has 1 N–H and O–H groups in total. The SMILES string of the molecule is CCOC(=O)c1cnn(-c2nc3ncn(C)c3c(=O)[nH]2)c1. The summed E-state index contributed by atoms with van der Waals surface area (Å²) in [6.45, 7) is 2.00. The van der Waals surface area contributed by atoms with Crippen LogP contribution in [0.3, 0.4) is 0 Å². The van der Waals surface area contributed by atoms with E-state index in [1.807, 2.05) is 0 Å². The first kappa shape index (κ1) is 13.0. The molecule has 0 spiro atoms. The van der Waals surface area contributed by atoms with Gasteiger partial charge in [0, 0.05) is 13.2 Å². The van der Waals surface area contributed by atoms with Gasteiger partial charge in [0.2, 0.25) is 5.95 Å². The Morgan fingerprint density at radius 3 is 3.05 bits per heavy atom. The smallest absolute Gasteiger partial charge is 0.341 e. The molecule has 0 aliphatic rings. The van der Waals surface area contributed by atoms with E-state index in [1.165, 1.54) is 23.4 Å². The van der Waals surface area contributed by atoms with E-state index in [1.54, 1.807) is 18.5 Å². The molecule has 0 bridgehead atoms. The lowest BCUT2D eigenvalue weighted by atomic mass is 10.4. The zero-order chi connectivity index (χ0) is 15.0. The van der Waals surface area contributed by atoms with Crippen molar-refractivity contribution in [1.82, 2.24) is 29.3 Å². The monoisotopic (exact) mass is 288 g/mol.